The number of benzene rings is 2. The summed E-state index contributed by atoms with van der Waals surface area (Å²) in [7, 11) is 1.88. The highest BCUT2D eigenvalue weighted by atomic mass is 32.2. The summed E-state index contributed by atoms with van der Waals surface area (Å²) in [5, 5.41) is 12.0. The van der Waals surface area contributed by atoms with Crippen molar-refractivity contribution >= 4 is 23.4 Å². The SMILES string of the molecule is CCOc1ccc(NC(=O)CSc2nnc(C(C)Oc3cccc(C)c3C)n2C)cc1. The zero-order valence-electron chi connectivity index (χ0n) is 18.5. The van der Waals surface area contributed by atoms with E-state index in [9.17, 15) is 4.79 Å². The van der Waals surface area contributed by atoms with Crippen LogP contribution < -0.4 is 14.8 Å². The van der Waals surface area contributed by atoms with E-state index >= 15 is 0 Å². The highest BCUT2D eigenvalue weighted by molar-refractivity contribution is 7.99. The van der Waals surface area contributed by atoms with Crippen LogP contribution in [0.3, 0.4) is 0 Å². The molecule has 8 heteroatoms. The Hall–Kier alpha value is -3.00. The van der Waals surface area contributed by atoms with Crippen molar-refractivity contribution in [3.63, 3.8) is 0 Å². The number of carbonyl (C=O) groups is 1. The number of nitrogens with zero attached hydrogens (tertiary/aromatic N) is 3. The van der Waals surface area contributed by atoms with E-state index in [1.807, 2.05) is 68.8 Å². The van der Waals surface area contributed by atoms with Gasteiger partial charge in [0.05, 0.1) is 12.4 Å². The Labute approximate surface area is 187 Å². The normalized spacial score (nSPS) is 11.8. The summed E-state index contributed by atoms with van der Waals surface area (Å²) in [5.41, 5.74) is 3.01. The fourth-order valence-corrected chi connectivity index (χ4v) is 3.75. The number of nitrogens with one attached hydrogen (secondary N) is 1. The number of thioether (sulfide) groups is 1. The fraction of sp³-hybridized carbons (Fsp3) is 0.348. The van der Waals surface area contributed by atoms with Gasteiger partial charge < -0.3 is 19.4 Å². The lowest BCUT2D eigenvalue weighted by Crippen LogP contribution is -2.15. The predicted octanol–water partition coefficient (Wildman–Crippen LogP) is 4.70. The third-order valence-electron chi connectivity index (χ3n) is 4.87. The van der Waals surface area contributed by atoms with Gasteiger partial charge in [0.1, 0.15) is 11.5 Å². The number of ether oxygens (including phenoxy) is 2. The van der Waals surface area contributed by atoms with Crippen LogP contribution in [0.25, 0.3) is 0 Å². The summed E-state index contributed by atoms with van der Waals surface area (Å²) in [5.74, 6) is 2.43. The molecule has 3 rings (SSSR count). The van der Waals surface area contributed by atoms with Crippen molar-refractivity contribution in [3.05, 3.63) is 59.4 Å². The van der Waals surface area contributed by atoms with Gasteiger partial charge in [-0.2, -0.15) is 0 Å². The summed E-state index contributed by atoms with van der Waals surface area (Å²) in [4.78, 5) is 12.3. The molecule has 3 aromatic rings. The molecular formula is C23H28N4O3S. The van der Waals surface area contributed by atoms with Crippen LogP contribution in [0.4, 0.5) is 5.69 Å². The third-order valence-corrected chi connectivity index (χ3v) is 5.89. The van der Waals surface area contributed by atoms with E-state index in [0.29, 0.717) is 17.6 Å². The molecule has 1 atom stereocenters. The lowest BCUT2D eigenvalue weighted by molar-refractivity contribution is -0.113. The lowest BCUT2D eigenvalue weighted by Gasteiger charge is -2.16. The standard InChI is InChI=1S/C23H28N4O3S/c1-6-29-19-12-10-18(11-13-19)24-21(28)14-31-23-26-25-22(27(23)5)17(4)30-20-9-7-8-15(2)16(20)3/h7-13,17H,6,14H2,1-5H3,(H,24,28). The van der Waals surface area contributed by atoms with E-state index in [0.717, 1.165) is 22.7 Å². The molecule has 2 aromatic carbocycles. The summed E-state index contributed by atoms with van der Waals surface area (Å²) >= 11 is 1.33. The first-order chi connectivity index (χ1) is 14.9. The van der Waals surface area contributed by atoms with Crippen molar-refractivity contribution in [2.24, 2.45) is 7.05 Å². The van der Waals surface area contributed by atoms with E-state index in [1.54, 1.807) is 0 Å². The summed E-state index contributed by atoms with van der Waals surface area (Å²) in [6.07, 6.45) is -0.273. The second kappa shape index (κ2) is 10.3. The molecule has 0 aliphatic heterocycles. The Balaban J connectivity index is 1.57. The van der Waals surface area contributed by atoms with Gasteiger partial charge in [0.25, 0.3) is 0 Å². The molecule has 31 heavy (non-hydrogen) atoms. The molecule has 1 heterocycles. The maximum Gasteiger partial charge on any atom is 0.234 e. The van der Waals surface area contributed by atoms with Crippen LogP contribution in [-0.4, -0.2) is 33.0 Å². The first-order valence-electron chi connectivity index (χ1n) is 10.2. The van der Waals surface area contributed by atoms with Crippen LogP contribution in [0.1, 0.15) is 36.9 Å². The minimum absolute atomic E-state index is 0.113. The van der Waals surface area contributed by atoms with Crippen LogP contribution in [0.15, 0.2) is 47.6 Å². The number of anilines is 1. The number of amides is 1. The van der Waals surface area contributed by atoms with Gasteiger partial charge in [0.15, 0.2) is 17.1 Å². The highest BCUT2D eigenvalue weighted by Gasteiger charge is 2.19. The molecule has 1 unspecified atom stereocenters. The topological polar surface area (TPSA) is 78.3 Å². The van der Waals surface area contributed by atoms with E-state index in [-0.39, 0.29) is 17.8 Å². The van der Waals surface area contributed by atoms with Gasteiger partial charge in [-0.05, 0) is 69.2 Å². The Morgan fingerprint density at radius 1 is 1.16 bits per heavy atom. The van der Waals surface area contributed by atoms with Crippen molar-refractivity contribution in [3.8, 4) is 11.5 Å². The quantitative estimate of drug-likeness (QED) is 0.486. The minimum atomic E-state index is -0.273. The number of carbonyl (C=O) groups excluding carboxylic acids is 1. The van der Waals surface area contributed by atoms with Gasteiger partial charge >= 0.3 is 0 Å². The van der Waals surface area contributed by atoms with E-state index in [2.05, 4.69) is 28.5 Å². The largest absolute Gasteiger partial charge is 0.494 e. The molecular weight excluding hydrogens is 412 g/mol. The van der Waals surface area contributed by atoms with E-state index < -0.39 is 0 Å². The van der Waals surface area contributed by atoms with Gasteiger partial charge in [0.2, 0.25) is 5.91 Å². The number of hydrogen-bond acceptors (Lipinski definition) is 6. The molecule has 1 N–H and O–H groups in total. The number of hydrogen-bond donors (Lipinski definition) is 1. The maximum absolute atomic E-state index is 12.3. The maximum atomic E-state index is 12.3. The fourth-order valence-electron chi connectivity index (χ4n) is 3.03. The smallest absolute Gasteiger partial charge is 0.234 e. The molecule has 7 nitrogen and oxygen atoms in total. The molecule has 0 saturated heterocycles. The molecule has 0 fully saturated rings. The minimum Gasteiger partial charge on any atom is -0.494 e. The van der Waals surface area contributed by atoms with Crippen LogP contribution in [-0.2, 0) is 11.8 Å². The van der Waals surface area contributed by atoms with Crippen LogP contribution in [0.5, 0.6) is 11.5 Å². The van der Waals surface area contributed by atoms with Gasteiger partial charge in [-0.1, -0.05) is 23.9 Å². The number of rotatable bonds is 9. The second-order valence-corrected chi connectivity index (χ2v) is 8.09. The first-order valence-corrected chi connectivity index (χ1v) is 11.1. The lowest BCUT2D eigenvalue weighted by atomic mass is 10.1. The number of aromatic nitrogens is 3. The molecule has 0 bridgehead atoms. The molecule has 164 valence electrons. The zero-order valence-corrected chi connectivity index (χ0v) is 19.3. The van der Waals surface area contributed by atoms with Crippen molar-refractivity contribution in [1.82, 2.24) is 14.8 Å². The van der Waals surface area contributed by atoms with Gasteiger partial charge in [-0.25, -0.2) is 0 Å². The van der Waals surface area contributed by atoms with Crippen molar-refractivity contribution in [2.45, 2.75) is 39.0 Å². The van der Waals surface area contributed by atoms with Crippen LogP contribution >= 0.6 is 11.8 Å². The molecule has 0 radical (unpaired) electrons. The Bertz CT molecular complexity index is 1030. The highest BCUT2D eigenvalue weighted by Crippen LogP contribution is 2.27. The third kappa shape index (κ3) is 5.79. The summed E-state index contributed by atoms with van der Waals surface area (Å²) in [6, 6.07) is 13.3. The average Bonchev–Trinajstić information content (AvgIpc) is 3.12. The van der Waals surface area contributed by atoms with Gasteiger partial charge in [-0.15, -0.1) is 10.2 Å². The van der Waals surface area contributed by atoms with Crippen molar-refractivity contribution in [1.29, 1.82) is 0 Å². The molecule has 0 aliphatic rings. The first kappa shape index (κ1) is 22.7. The molecule has 1 aromatic heterocycles. The Morgan fingerprint density at radius 3 is 2.61 bits per heavy atom. The summed E-state index contributed by atoms with van der Waals surface area (Å²) < 4.78 is 13.4. The monoisotopic (exact) mass is 440 g/mol. The van der Waals surface area contributed by atoms with Crippen molar-refractivity contribution < 1.29 is 14.3 Å². The van der Waals surface area contributed by atoms with E-state index in [1.165, 1.54) is 17.3 Å². The second-order valence-electron chi connectivity index (χ2n) is 7.15. The number of aryl methyl sites for hydroxylation is 1. The van der Waals surface area contributed by atoms with Gasteiger partial charge in [-0.3, -0.25) is 4.79 Å². The van der Waals surface area contributed by atoms with Crippen LogP contribution in [0.2, 0.25) is 0 Å². The Morgan fingerprint density at radius 2 is 1.90 bits per heavy atom. The van der Waals surface area contributed by atoms with Gasteiger partial charge in [0, 0.05) is 12.7 Å². The molecule has 0 spiro atoms. The van der Waals surface area contributed by atoms with Crippen molar-refractivity contribution in [2.75, 3.05) is 17.7 Å². The van der Waals surface area contributed by atoms with E-state index in [4.69, 9.17) is 9.47 Å². The summed E-state index contributed by atoms with van der Waals surface area (Å²) in [6.45, 7) is 8.58. The predicted molar refractivity (Wildman–Crippen MR) is 123 cm³/mol. The molecule has 0 aliphatic carbocycles. The Kier molecular flexibility index (Phi) is 7.57. The molecule has 1 amide bonds. The zero-order chi connectivity index (χ0) is 22.4. The molecule has 0 saturated carbocycles. The van der Waals surface area contributed by atoms with Crippen LogP contribution in [0, 0.1) is 13.8 Å². The average molecular weight is 441 g/mol.